The molecule has 0 bridgehead atoms. The summed E-state index contributed by atoms with van der Waals surface area (Å²) in [4.78, 5) is 121. The van der Waals surface area contributed by atoms with Gasteiger partial charge < -0.3 is 102 Å². The second-order valence-corrected chi connectivity index (χ2v) is 21.7. The molecule has 0 saturated heterocycles. The summed E-state index contributed by atoms with van der Waals surface area (Å²) >= 11 is 0. The minimum absolute atomic E-state index is 0. The standard InChI is InChI=1S/2C16H34N4O2.2C8H18N4O2.C8H12N2O2.C6H16N2.C4H11N.H2/c2*1-5-19(6-2)15(21)17-13-11-9-10-12-14-18-16(22)20(7-3)8-4;2*9-7(13)11-5-3-1-2-4-6-12-8(10)14;11-7-9-5-3-1-2-4-6-10-8-12;7-5-3-1-2-4-6-8;1-3-5-4-2;/h2*5-14H2,1-4H3,(H,17,21)(H,18,22);2*1-6H2,(H3,9,11,13)(H3,10,12,14);1-6H2;1-8H2;5H,3-4H2,1-2H3;1H/i;;;;;;;1+1. The zero-order valence-electron chi connectivity index (χ0n) is 62.3. The highest BCUT2D eigenvalue weighted by molar-refractivity contribution is 5.75. The molecule has 0 aromatic heterocycles. The zero-order chi connectivity index (χ0) is 74.6. The minimum atomic E-state index is -0.486. The number of urea groups is 8. The zero-order valence-corrected chi connectivity index (χ0v) is 62.3. The summed E-state index contributed by atoms with van der Waals surface area (Å²) in [5, 5.41) is 24.9. The fourth-order valence-corrected chi connectivity index (χ4v) is 8.25. The Morgan fingerprint density at radius 2 is 0.464 bits per heavy atom. The second kappa shape index (κ2) is 88.8. The number of hydrogen-bond donors (Lipinski definition) is 15. The molecule has 97 heavy (non-hydrogen) atoms. The molecule has 16 amide bonds. The maximum Gasteiger partial charge on any atom is 0.317 e. The third-order valence-corrected chi connectivity index (χ3v) is 14.0. The lowest BCUT2D eigenvalue weighted by Crippen LogP contribution is -2.40. The highest BCUT2D eigenvalue weighted by atomic mass is 16.2. The summed E-state index contributed by atoms with van der Waals surface area (Å²) < 4.78 is 0. The van der Waals surface area contributed by atoms with Crippen LogP contribution in [0.1, 0.15) is 225 Å². The van der Waals surface area contributed by atoms with Gasteiger partial charge in [-0.15, -0.1) is 0 Å². The number of carbonyl (C=O) groups is 8. The molecule has 0 aliphatic heterocycles. The SMILES string of the molecule is CCN(CC)C(=O)NCCCCCCNC(=O)N(CC)CC.CCN(CC)C(=O)NCCCCCCNC(=O)N(CC)CC.CCNCC.NC(=O)NCCCCCCNC(N)=O.NC(=O)NCCCCCCNC(N)=O.NCCCCCCN.O=C=NCCCCCCN=C=O.[2HH]. The molecule has 0 aliphatic rings. The molecule has 0 unspecified atom stereocenters. The van der Waals surface area contributed by atoms with E-state index in [1.54, 1.807) is 19.6 Å². The molecule has 31 heteroatoms. The summed E-state index contributed by atoms with van der Waals surface area (Å²) in [6.45, 7) is 36.3. The van der Waals surface area contributed by atoms with E-state index < -0.39 is 24.1 Å². The molecular weight excluding hydrogens is 1250 g/mol. The highest BCUT2D eigenvalue weighted by Crippen LogP contribution is 2.03. The third-order valence-electron chi connectivity index (χ3n) is 14.0. The van der Waals surface area contributed by atoms with Crippen LogP contribution in [-0.4, -0.2) is 224 Å². The molecule has 31 nitrogen and oxygen atoms in total. The molecule has 0 fully saturated rings. The average Bonchev–Trinajstić information content (AvgIpc) is 2.23. The van der Waals surface area contributed by atoms with Gasteiger partial charge in [0.2, 0.25) is 12.2 Å². The molecule has 21 N–H and O–H groups in total. The Labute approximate surface area is 586 Å². The van der Waals surface area contributed by atoms with Crippen molar-refractivity contribution in [3.63, 3.8) is 0 Å². The van der Waals surface area contributed by atoms with Crippen molar-refractivity contribution in [2.75, 3.05) is 144 Å². The lowest BCUT2D eigenvalue weighted by Gasteiger charge is -2.19. The molecule has 0 aromatic carbocycles. The van der Waals surface area contributed by atoms with Crippen LogP contribution in [0.4, 0.5) is 38.4 Å². The van der Waals surface area contributed by atoms with E-state index in [9.17, 15) is 47.9 Å². The number of rotatable bonds is 50. The van der Waals surface area contributed by atoms with Gasteiger partial charge in [0.25, 0.3) is 0 Å². The minimum Gasteiger partial charge on any atom is -0.352 e. The van der Waals surface area contributed by atoms with E-state index in [1.165, 1.54) is 25.0 Å². The largest absolute Gasteiger partial charge is 0.352 e. The van der Waals surface area contributed by atoms with Gasteiger partial charge in [0.15, 0.2) is 0 Å². The van der Waals surface area contributed by atoms with Gasteiger partial charge in [-0.05, 0) is 159 Å². The summed E-state index contributed by atoms with van der Waals surface area (Å²) in [7, 11) is 0. The molecule has 0 spiro atoms. The van der Waals surface area contributed by atoms with E-state index in [0.717, 1.165) is 246 Å². The van der Waals surface area contributed by atoms with Crippen molar-refractivity contribution in [1.82, 2.24) is 67.5 Å². The number of carbonyl (C=O) groups excluding carboxylic acids is 10. The van der Waals surface area contributed by atoms with Crippen LogP contribution in [0.5, 0.6) is 0 Å². The fraction of sp³-hybridized carbons (Fsp3) is 0.848. The van der Waals surface area contributed by atoms with Crippen LogP contribution in [-0.2, 0) is 9.59 Å². The first-order chi connectivity index (χ1) is 46.7. The van der Waals surface area contributed by atoms with Crippen LogP contribution in [0.3, 0.4) is 0 Å². The molecular formula is C66H145N21O10. The number of hydrogen-bond acceptors (Lipinski definition) is 15. The number of amides is 16. The van der Waals surface area contributed by atoms with Crippen molar-refractivity contribution < 1.29 is 49.4 Å². The van der Waals surface area contributed by atoms with Crippen LogP contribution < -0.4 is 82.3 Å². The summed E-state index contributed by atoms with van der Waals surface area (Å²) in [6.07, 6.45) is 27.4. The predicted molar refractivity (Wildman–Crippen MR) is 397 cm³/mol. The van der Waals surface area contributed by atoms with E-state index in [2.05, 4.69) is 71.7 Å². The first kappa shape index (κ1) is 103. The Morgan fingerprint density at radius 1 is 0.289 bits per heavy atom. The van der Waals surface area contributed by atoms with Crippen LogP contribution >= 0.6 is 0 Å². The molecule has 0 saturated carbocycles. The van der Waals surface area contributed by atoms with Crippen molar-refractivity contribution in [2.45, 2.75) is 223 Å². The van der Waals surface area contributed by atoms with Gasteiger partial charge in [-0.3, -0.25) is 0 Å². The highest BCUT2D eigenvalue weighted by Gasteiger charge is 2.11. The van der Waals surface area contributed by atoms with Gasteiger partial charge >= 0.3 is 48.2 Å². The van der Waals surface area contributed by atoms with Crippen molar-refractivity contribution in [3.05, 3.63) is 0 Å². The van der Waals surface area contributed by atoms with Crippen LogP contribution in [0, 0.1) is 0 Å². The molecule has 0 rings (SSSR count). The Balaban J connectivity index is -0.000000167. The van der Waals surface area contributed by atoms with Crippen molar-refractivity contribution >= 4 is 60.4 Å². The number of unbranched alkanes of at least 4 members (excludes halogenated alkanes) is 18. The fourth-order valence-electron chi connectivity index (χ4n) is 8.25. The smallest absolute Gasteiger partial charge is 0.317 e. The lowest BCUT2D eigenvalue weighted by molar-refractivity contribution is 0.202. The van der Waals surface area contributed by atoms with Crippen molar-refractivity contribution in [3.8, 4) is 0 Å². The Kier molecular flexibility index (Phi) is 94.6. The lowest BCUT2D eigenvalue weighted by atomic mass is 10.2. The number of nitrogens with one attached hydrogen (secondary N) is 9. The quantitative estimate of drug-likeness (QED) is 0.0159. The van der Waals surface area contributed by atoms with Gasteiger partial charge in [-0.25, -0.2) is 57.9 Å². The van der Waals surface area contributed by atoms with Gasteiger partial charge in [0.1, 0.15) is 0 Å². The van der Waals surface area contributed by atoms with Crippen LogP contribution in [0.25, 0.3) is 0 Å². The first-order valence-corrected chi connectivity index (χ1v) is 36.1. The van der Waals surface area contributed by atoms with Crippen LogP contribution in [0.15, 0.2) is 9.98 Å². The molecule has 574 valence electrons. The van der Waals surface area contributed by atoms with Crippen LogP contribution in [0.2, 0.25) is 0 Å². The topological polar surface area (TPSA) is 473 Å². The predicted octanol–water partition coefficient (Wildman–Crippen LogP) is 7.61. The molecule has 0 radical (unpaired) electrons. The maximum atomic E-state index is 11.7. The summed E-state index contributed by atoms with van der Waals surface area (Å²) in [5.41, 5.74) is 30.1. The van der Waals surface area contributed by atoms with Crippen molar-refractivity contribution in [2.24, 2.45) is 44.4 Å². The normalized spacial score (nSPS) is 9.61. The van der Waals surface area contributed by atoms with Gasteiger partial charge in [0, 0.05) is 106 Å². The van der Waals surface area contributed by atoms with Gasteiger partial charge in [0.05, 0.1) is 13.1 Å². The van der Waals surface area contributed by atoms with E-state index in [4.69, 9.17) is 34.4 Å². The van der Waals surface area contributed by atoms with Gasteiger partial charge in [-0.1, -0.05) is 90.9 Å². The molecule has 0 aliphatic carbocycles. The molecule has 0 atom stereocenters. The second-order valence-electron chi connectivity index (χ2n) is 21.7. The van der Waals surface area contributed by atoms with E-state index >= 15 is 0 Å². The third kappa shape index (κ3) is 93.0. The number of nitrogens with zero attached hydrogens (tertiary/aromatic N) is 6. The Bertz CT molecular complexity index is 1670. The Morgan fingerprint density at radius 3 is 0.608 bits per heavy atom. The number of nitrogens with two attached hydrogens (primary N) is 6. The summed E-state index contributed by atoms with van der Waals surface area (Å²) in [5.74, 6) is 0. The monoisotopic (exact) mass is 1390 g/mol. The van der Waals surface area contributed by atoms with E-state index in [0.29, 0.717) is 39.3 Å². The summed E-state index contributed by atoms with van der Waals surface area (Å²) in [6, 6.07) is -1.84. The number of primary amides is 4. The van der Waals surface area contributed by atoms with E-state index in [1.807, 2.05) is 55.4 Å². The average molecular weight is 1390 g/mol. The van der Waals surface area contributed by atoms with E-state index in [-0.39, 0.29) is 25.6 Å². The number of aliphatic imine (C=N–C) groups is 2. The molecule has 0 aromatic rings. The Hall–Kier alpha value is -7.20. The number of isocyanates is 2. The first-order valence-electron chi connectivity index (χ1n) is 36.1. The molecule has 0 heterocycles. The van der Waals surface area contributed by atoms with Crippen molar-refractivity contribution in [1.29, 1.82) is 0 Å². The maximum absolute atomic E-state index is 11.7. The van der Waals surface area contributed by atoms with Gasteiger partial charge in [-0.2, -0.15) is 0 Å².